The number of aliphatic hydroxyl groups is 1. The zero-order valence-electron chi connectivity index (χ0n) is 3.60. The van der Waals surface area contributed by atoms with Crippen molar-refractivity contribution < 1.29 is 5.11 Å². The zero-order valence-corrected chi connectivity index (χ0v) is 3.60. The minimum atomic E-state index is 0.308. The van der Waals surface area contributed by atoms with E-state index in [1.54, 1.807) is 6.08 Å². The number of hydrogen-bond acceptors (Lipinski definition) is 2. The zero-order chi connectivity index (χ0) is 4.57. The molecule has 0 aromatic rings. The molecule has 1 aliphatic rings. The van der Waals surface area contributed by atoms with Crippen molar-refractivity contribution in [3.63, 3.8) is 0 Å². The maximum atomic E-state index is 8.37. The second kappa shape index (κ2) is 0.899. The average Bonchev–Trinajstić information content (AvgIpc) is 1.33. The van der Waals surface area contributed by atoms with Crippen molar-refractivity contribution in [3.8, 4) is 0 Å². The Hall–Kier alpha value is -0.660. The summed E-state index contributed by atoms with van der Waals surface area (Å²) in [5.41, 5.74) is 0. The van der Waals surface area contributed by atoms with E-state index in [-0.39, 0.29) is 0 Å². The lowest BCUT2D eigenvalue weighted by Crippen LogP contribution is -2.33. The van der Waals surface area contributed by atoms with Crippen molar-refractivity contribution in [2.45, 2.75) is 13.0 Å². The van der Waals surface area contributed by atoms with Crippen molar-refractivity contribution in [1.29, 1.82) is 0 Å². The van der Waals surface area contributed by atoms with Crippen LogP contribution in [0.1, 0.15) is 6.92 Å². The number of nitrogens with one attached hydrogen (secondary N) is 1. The summed E-state index contributed by atoms with van der Waals surface area (Å²) in [6, 6.07) is 0.380. The van der Waals surface area contributed by atoms with Crippen LogP contribution in [0, 0.1) is 0 Å². The van der Waals surface area contributed by atoms with Crippen LogP contribution in [0.5, 0.6) is 0 Å². The van der Waals surface area contributed by atoms with E-state index in [0.717, 1.165) is 0 Å². The standard InChI is InChI=1S/C4H7NO/c1-3-2-4(6)5-3/h2-3,5-6H,1H3/t3-/m1/s1. The minimum Gasteiger partial charge on any atom is -0.495 e. The third-order valence-corrected chi connectivity index (χ3v) is 0.783. The molecule has 0 aromatic heterocycles. The summed E-state index contributed by atoms with van der Waals surface area (Å²) < 4.78 is 0. The highest BCUT2D eigenvalue weighted by molar-refractivity contribution is 5.07. The van der Waals surface area contributed by atoms with Crippen molar-refractivity contribution in [2.75, 3.05) is 0 Å². The van der Waals surface area contributed by atoms with Gasteiger partial charge in [-0.3, -0.25) is 0 Å². The van der Waals surface area contributed by atoms with Gasteiger partial charge >= 0.3 is 0 Å². The van der Waals surface area contributed by atoms with Gasteiger partial charge < -0.3 is 10.4 Å². The Morgan fingerprint density at radius 3 is 2.50 bits per heavy atom. The molecule has 34 valence electrons. The molecule has 0 aliphatic carbocycles. The number of hydrogen-bond donors (Lipinski definition) is 2. The summed E-state index contributed by atoms with van der Waals surface area (Å²) in [4.78, 5) is 0. The van der Waals surface area contributed by atoms with E-state index >= 15 is 0 Å². The summed E-state index contributed by atoms with van der Waals surface area (Å²) in [5.74, 6) is 0.308. The van der Waals surface area contributed by atoms with E-state index in [0.29, 0.717) is 11.9 Å². The van der Waals surface area contributed by atoms with Gasteiger partial charge in [-0.15, -0.1) is 0 Å². The molecular weight excluding hydrogens is 78.0 g/mol. The average molecular weight is 85.1 g/mol. The van der Waals surface area contributed by atoms with Crippen LogP contribution in [0.4, 0.5) is 0 Å². The molecular formula is C4H7NO. The molecule has 0 saturated heterocycles. The minimum absolute atomic E-state index is 0.308. The van der Waals surface area contributed by atoms with Crippen molar-refractivity contribution in [3.05, 3.63) is 12.0 Å². The topological polar surface area (TPSA) is 32.3 Å². The number of rotatable bonds is 0. The van der Waals surface area contributed by atoms with Crippen molar-refractivity contribution in [2.24, 2.45) is 0 Å². The van der Waals surface area contributed by atoms with Gasteiger partial charge in [0.25, 0.3) is 0 Å². The Labute approximate surface area is 36.5 Å². The predicted octanol–water partition coefficient (Wildman–Crippen LogP) is 0.377. The van der Waals surface area contributed by atoms with E-state index < -0.39 is 0 Å². The number of aliphatic hydroxyl groups excluding tert-OH is 1. The maximum Gasteiger partial charge on any atom is 0.182 e. The van der Waals surface area contributed by atoms with E-state index in [1.807, 2.05) is 6.92 Å². The van der Waals surface area contributed by atoms with E-state index in [1.165, 1.54) is 0 Å². The molecule has 2 N–H and O–H groups in total. The highest BCUT2D eigenvalue weighted by atomic mass is 16.3. The van der Waals surface area contributed by atoms with Gasteiger partial charge in [0, 0.05) is 6.04 Å². The summed E-state index contributed by atoms with van der Waals surface area (Å²) in [6.07, 6.45) is 1.75. The molecule has 0 fully saturated rings. The molecule has 0 unspecified atom stereocenters. The highest BCUT2D eigenvalue weighted by Crippen LogP contribution is 2.00. The van der Waals surface area contributed by atoms with Crippen LogP contribution in [-0.4, -0.2) is 11.1 Å². The smallest absolute Gasteiger partial charge is 0.182 e. The fourth-order valence-electron chi connectivity index (χ4n) is 0.464. The van der Waals surface area contributed by atoms with Crippen LogP contribution in [0.2, 0.25) is 0 Å². The molecule has 0 aromatic carbocycles. The van der Waals surface area contributed by atoms with Crippen molar-refractivity contribution in [1.82, 2.24) is 5.32 Å². The Morgan fingerprint density at radius 2 is 2.50 bits per heavy atom. The highest BCUT2D eigenvalue weighted by Gasteiger charge is 2.08. The lowest BCUT2D eigenvalue weighted by molar-refractivity contribution is 0.319. The fraction of sp³-hybridized carbons (Fsp3) is 0.500. The maximum absolute atomic E-state index is 8.37. The predicted molar refractivity (Wildman–Crippen MR) is 23.3 cm³/mol. The second-order valence-electron chi connectivity index (χ2n) is 1.48. The van der Waals surface area contributed by atoms with Crippen LogP contribution < -0.4 is 5.32 Å². The summed E-state index contributed by atoms with van der Waals surface area (Å²) >= 11 is 0. The molecule has 2 nitrogen and oxygen atoms in total. The Morgan fingerprint density at radius 1 is 2.00 bits per heavy atom. The van der Waals surface area contributed by atoms with Crippen LogP contribution in [0.15, 0.2) is 12.0 Å². The summed E-state index contributed by atoms with van der Waals surface area (Å²) in [5, 5.41) is 11.1. The van der Waals surface area contributed by atoms with Crippen LogP contribution in [0.3, 0.4) is 0 Å². The lowest BCUT2D eigenvalue weighted by Gasteiger charge is -2.18. The monoisotopic (exact) mass is 85.1 g/mol. The normalized spacial score (nSPS) is 30.2. The van der Waals surface area contributed by atoms with E-state index in [4.69, 9.17) is 5.11 Å². The summed E-state index contributed by atoms with van der Waals surface area (Å²) in [6.45, 7) is 1.97. The van der Waals surface area contributed by atoms with Crippen LogP contribution in [-0.2, 0) is 0 Å². The first-order chi connectivity index (χ1) is 2.79. The van der Waals surface area contributed by atoms with Gasteiger partial charge in [-0.05, 0) is 13.0 Å². The van der Waals surface area contributed by atoms with Gasteiger partial charge in [0.05, 0.1) is 0 Å². The third-order valence-electron chi connectivity index (χ3n) is 0.783. The Balaban J connectivity index is 2.46. The first-order valence-electron chi connectivity index (χ1n) is 1.96. The SMILES string of the molecule is C[C@@H]1C=C(O)N1. The molecule has 6 heavy (non-hydrogen) atoms. The van der Waals surface area contributed by atoms with Crippen LogP contribution in [0.25, 0.3) is 0 Å². The van der Waals surface area contributed by atoms with Gasteiger partial charge in [-0.25, -0.2) is 0 Å². The molecule has 1 atom stereocenters. The molecule has 0 radical (unpaired) electrons. The lowest BCUT2D eigenvalue weighted by atomic mass is 10.2. The molecule has 0 bridgehead atoms. The molecule has 0 amide bonds. The van der Waals surface area contributed by atoms with Crippen LogP contribution >= 0.6 is 0 Å². The fourth-order valence-corrected chi connectivity index (χ4v) is 0.464. The third kappa shape index (κ3) is 0.339. The molecule has 1 aliphatic heterocycles. The molecule has 1 heterocycles. The van der Waals surface area contributed by atoms with Gasteiger partial charge in [0.15, 0.2) is 5.88 Å². The van der Waals surface area contributed by atoms with E-state index in [9.17, 15) is 0 Å². The largest absolute Gasteiger partial charge is 0.495 e. The second-order valence-corrected chi connectivity index (χ2v) is 1.48. The Kier molecular flexibility index (Phi) is 0.528. The van der Waals surface area contributed by atoms with Gasteiger partial charge in [-0.2, -0.15) is 0 Å². The Bertz CT molecular complexity index is 87.5. The first-order valence-corrected chi connectivity index (χ1v) is 1.96. The molecule has 1 rings (SSSR count). The van der Waals surface area contributed by atoms with Crippen molar-refractivity contribution >= 4 is 0 Å². The van der Waals surface area contributed by atoms with E-state index in [2.05, 4.69) is 5.32 Å². The molecule has 0 spiro atoms. The summed E-state index contributed by atoms with van der Waals surface area (Å²) in [7, 11) is 0. The van der Waals surface area contributed by atoms with Gasteiger partial charge in [0.1, 0.15) is 0 Å². The first kappa shape index (κ1) is 3.53. The van der Waals surface area contributed by atoms with Gasteiger partial charge in [-0.1, -0.05) is 0 Å². The van der Waals surface area contributed by atoms with Gasteiger partial charge in [0.2, 0.25) is 0 Å². The quantitative estimate of drug-likeness (QED) is 0.445. The molecule has 0 saturated carbocycles. The molecule has 2 heteroatoms.